The highest BCUT2D eigenvalue weighted by atomic mass is 16.2. The third kappa shape index (κ3) is 1.35. The van der Waals surface area contributed by atoms with Crippen LogP contribution < -0.4 is 5.73 Å². The van der Waals surface area contributed by atoms with Gasteiger partial charge in [-0.3, -0.25) is 5.10 Å². The van der Waals surface area contributed by atoms with E-state index >= 15 is 0 Å². The number of rotatable bonds is 2. The van der Waals surface area contributed by atoms with Crippen LogP contribution in [-0.4, -0.2) is 27.1 Å². The molecule has 0 unspecified atom stereocenters. The van der Waals surface area contributed by atoms with Crippen molar-refractivity contribution in [3.63, 3.8) is 0 Å². The van der Waals surface area contributed by atoms with E-state index in [9.17, 15) is 0 Å². The first-order valence-electron chi connectivity index (χ1n) is 4.86. The van der Waals surface area contributed by atoms with Crippen LogP contribution in [0.2, 0.25) is 0 Å². The summed E-state index contributed by atoms with van der Waals surface area (Å²) >= 11 is 0. The molecular weight excluding hydrogens is 192 g/mol. The van der Waals surface area contributed by atoms with Crippen molar-refractivity contribution in [3.8, 4) is 0 Å². The van der Waals surface area contributed by atoms with Crippen molar-refractivity contribution >= 4 is 16.7 Å². The number of H-pyrrole nitrogens is 1. The number of nitrogens with one attached hydrogen (secondary N) is 1. The smallest absolute Gasteiger partial charge is 0.116 e. The Hall–Kier alpha value is -1.62. The number of hydrogen-bond acceptors (Lipinski definition) is 4. The maximum absolute atomic E-state index is 8.99. The number of aryl methyl sites for hydroxylation is 1. The fourth-order valence-electron chi connectivity index (χ4n) is 1.81. The van der Waals surface area contributed by atoms with Crippen LogP contribution >= 0.6 is 0 Å². The summed E-state index contributed by atoms with van der Waals surface area (Å²) < 4.78 is 0. The van der Waals surface area contributed by atoms with Crippen LogP contribution in [0.25, 0.3) is 11.0 Å². The zero-order valence-corrected chi connectivity index (χ0v) is 8.83. The van der Waals surface area contributed by atoms with Gasteiger partial charge in [0.1, 0.15) is 5.52 Å². The first-order valence-corrected chi connectivity index (χ1v) is 4.86. The number of aromatic nitrogens is 3. The molecule has 0 aliphatic carbocycles. The Morgan fingerprint density at radius 2 is 2.07 bits per heavy atom. The van der Waals surface area contributed by atoms with E-state index in [1.807, 2.05) is 13.8 Å². The third-order valence-corrected chi connectivity index (χ3v) is 2.86. The Bertz CT molecular complexity index is 504. The van der Waals surface area contributed by atoms with Gasteiger partial charge in [0.2, 0.25) is 0 Å². The number of anilines is 1. The number of fused-ring (bicyclic) bond motifs is 1. The molecular formula is C10H14N4O. The summed E-state index contributed by atoms with van der Waals surface area (Å²) in [4.78, 5) is 0. The fourth-order valence-corrected chi connectivity index (χ4v) is 1.81. The Labute approximate surface area is 87.3 Å². The maximum atomic E-state index is 8.99. The first kappa shape index (κ1) is 9.92. The molecule has 5 heteroatoms. The number of aliphatic hydroxyl groups excluding tert-OH is 1. The van der Waals surface area contributed by atoms with Gasteiger partial charge in [-0.15, -0.1) is 5.10 Å². The van der Waals surface area contributed by atoms with Gasteiger partial charge in [0.05, 0.1) is 5.52 Å². The van der Waals surface area contributed by atoms with E-state index in [1.165, 1.54) is 0 Å². The Morgan fingerprint density at radius 1 is 1.33 bits per heavy atom. The SMILES string of the molecule is Cc1c(N)c(CCO)c2[nH]nnc2c1C. The van der Waals surface area contributed by atoms with Crippen LogP contribution in [0.1, 0.15) is 16.7 Å². The predicted molar refractivity (Wildman–Crippen MR) is 58.6 cm³/mol. The number of aliphatic hydroxyl groups is 1. The second kappa shape index (κ2) is 3.51. The van der Waals surface area contributed by atoms with Gasteiger partial charge >= 0.3 is 0 Å². The molecule has 0 aliphatic heterocycles. The van der Waals surface area contributed by atoms with E-state index in [-0.39, 0.29) is 6.61 Å². The van der Waals surface area contributed by atoms with Gasteiger partial charge in [-0.1, -0.05) is 5.21 Å². The average Bonchev–Trinajstić information content (AvgIpc) is 2.70. The molecule has 1 aromatic carbocycles. The highest BCUT2D eigenvalue weighted by Crippen LogP contribution is 2.29. The van der Waals surface area contributed by atoms with Crippen LogP contribution in [0, 0.1) is 13.8 Å². The zero-order chi connectivity index (χ0) is 11.0. The molecule has 0 saturated heterocycles. The predicted octanol–water partition coefficient (Wildman–Crippen LogP) is 0.692. The topological polar surface area (TPSA) is 87.8 Å². The standard InChI is InChI=1S/C10H14N4O/c1-5-6(2)9-10(13-14-12-9)7(3-4-15)8(5)11/h15H,3-4,11H2,1-2H3,(H,12,13,14). The quantitative estimate of drug-likeness (QED) is 0.631. The van der Waals surface area contributed by atoms with Crippen LogP contribution in [0.15, 0.2) is 0 Å². The number of nitrogen functional groups attached to an aromatic ring is 1. The molecule has 0 atom stereocenters. The van der Waals surface area contributed by atoms with Gasteiger partial charge < -0.3 is 10.8 Å². The van der Waals surface area contributed by atoms with Crippen molar-refractivity contribution in [1.29, 1.82) is 0 Å². The van der Waals surface area contributed by atoms with Gasteiger partial charge in [0, 0.05) is 17.9 Å². The van der Waals surface area contributed by atoms with E-state index in [0.29, 0.717) is 6.42 Å². The normalized spacial score (nSPS) is 11.1. The number of benzene rings is 1. The summed E-state index contributed by atoms with van der Waals surface area (Å²) in [6.45, 7) is 4.00. The zero-order valence-electron chi connectivity index (χ0n) is 8.83. The van der Waals surface area contributed by atoms with Crippen molar-refractivity contribution in [2.45, 2.75) is 20.3 Å². The van der Waals surface area contributed by atoms with Crippen molar-refractivity contribution in [3.05, 3.63) is 16.7 Å². The molecule has 4 N–H and O–H groups in total. The molecule has 1 aromatic heterocycles. The highest BCUT2D eigenvalue weighted by Gasteiger charge is 2.14. The van der Waals surface area contributed by atoms with Crippen molar-refractivity contribution in [2.24, 2.45) is 0 Å². The molecule has 0 spiro atoms. The lowest BCUT2D eigenvalue weighted by Crippen LogP contribution is -2.03. The third-order valence-electron chi connectivity index (χ3n) is 2.86. The molecule has 2 rings (SSSR count). The van der Waals surface area contributed by atoms with Crippen molar-refractivity contribution < 1.29 is 5.11 Å². The molecule has 2 aromatic rings. The minimum Gasteiger partial charge on any atom is -0.398 e. The van der Waals surface area contributed by atoms with Gasteiger partial charge in [0.25, 0.3) is 0 Å². The van der Waals surface area contributed by atoms with E-state index in [1.54, 1.807) is 0 Å². The molecule has 5 nitrogen and oxygen atoms in total. The fraction of sp³-hybridized carbons (Fsp3) is 0.400. The summed E-state index contributed by atoms with van der Waals surface area (Å²) in [5.74, 6) is 0. The summed E-state index contributed by atoms with van der Waals surface area (Å²) in [6.07, 6.45) is 0.521. The second-order valence-electron chi connectivity index (χ2n) is 3.65. The molecule has 0 fully saturated rings. The van der Waals surface area contributed by atoms with Crippen LogP contribution in [-0.2, 0) is 6.42 Å². The monoisotopic (exact) mass is 206 g/mol. The Morgan fingerprint density at radius 3 is 2.73 bits per heavy atom. The minimum absolute atomic E-state index is 0.0703. The summed E-state index contributed by atoms with van der Waals surface area (Å²) in [5.41, 5.74) is 11.4. The number of nitrogens with two attached hydrogens (primary N) is 1. The summed E-state index contributed by atoms with van der Waals surface area (Å²) in [5, 5.41) is 19.6. The lowest BCUT2D eigenvalue weighted by Gasteiger charge is -2.11. The molecule has 1 heterocycles. The van der Waals surface area contributed by atoms with E-state index < -0.39 is 0 Å². The average molecular weight is 206 g/mol. The van der Waals surface area contributed by atoms with Crippen molar-refractivity contribution in [2.75, 3.05) is 12.3 Å². The number of aromatic amines is 1. The van der Waals surface area contributed by atoms with E-state index in [2.05, 4.69) is 15.4 Å². The maximum Gasteiger partial charge on any atom is 0.116 e. The minimum atomic E-state index is 0.0703. The van der Waals surface area contributed by atoms with Gasteiger partial charge in [-0.25, -0.2) is 0 Å². The number of hydrogen-bond donors (Lipinski definition) is 3. The lowest BCUT2D eigenvalue weighted by molar-refractivity contribution is 0.300. The lowest BCUT2D eigenvalue weighted by atomic mass is 9.99. The molecule has 0 amide bonds. The molecule has 80 valence electrons. The van der Waals surface area contributed by atoms with Crippen molar-refractivity contribution in [1.82, 2.24) is 15.4 Å². The molecule has 15 heavy (non-hydrogen) atoms. The largest absolute Gasteiger partial charge is 0.398 e. The summed E-state index contributed by atoms with van der Waals surface area (Å²) in [6, 6.07) is 0. The first-order chi connectivity index (χ1) is 7.16. The number of nitrogens with zero attached hydrogens (tertiary/aromatic N) is 2. The Kier molecular flexibility index (Phi) is 2.32. The molecule has 0 radical (unpaired) electrons. The van der Waals surface area contributed by atoms with E-state index in [4.69, 9.17) is 10.8 Å². The van der Waals surface area contributed by atoms with Gasteiger partial charge in [-0.2, -0.15) is 0 Å². The highest BCUT2D eigenvalue weighted by molar-refractivity contribution is 5.88. The van der Waals surface area contributed by atoms with E-state index in [0.717, 1.165) is 33.4 Å². The molecule has 0 saturated carbocycles. The van der Waals surface area contributed by atoms with Crippen LogP contribution in [0.3, 0.4) is 0 Å². The summed E-state index contributed by atoms with van der Waals surface area (Å²) in [7, 11) is 0. The van der Waals surface area contributed by atoms with Crippen LogP contribution in [0.4, 0.5) is 5.69 Å². The second-order valence-corrected chi connectivity index (χ2v) is 3.65. The van der Waals surface area contributed by atoms with Crippen LogP contribution in [0.5, 0.6) is 0 Å². The molecule has 0 aliphatic rings. The molecule has 0 bridgehead atoms. The Balaban J connectivity index is 2.82. The van der Waals surface area contributed by atoms with Gasteiger partial charge in [0.15, 0.2) is 0 Å². The van der Waals surface area contributed by atoms with Gasteiger partial charge in [-0.05, 0) is 31.4 Å².